The Bertz CT molecular complexity index is 393. The van der Waals surface area contributed by atoms with Gasteiger partial charge in [0.1, 0.15) is 5.82 Å². The van der Waals surface area contributed by atoms with Crippen LogP contribution in [0.15, 0.2) is 24.3 Å². The summed E-state index contributed by atoms with van der Waals surface area (Å²) in [6.45, 7) is 9.66. The van der Waals surface area contributed by atoms with Gasteiger partial charge in [-0.2, -0.15) is 0 Å². The van der Waals surface area contributed by atoms with E-state index in [0.717, 1.165) is 44.0 Å². The predicted molar refractivity (Wildman–Crippen MR) is 89.0 cm³/mol. The summed E-state index contributed by atoms with van der Waals surface area (Å²) in [4.78, 5) is 2.35. The van der Waals surface area contributed by atoms with Gasteiger partial charge >= 0.3 is 0 Å². The average molecular weight is 294 g/mol. The third kappa shape index (κ3) is 7.05. The molecule has 0 amide bonds. The molecule has 0 aliphatic heterocycles. The molecule has 0 aliphatic rings. The van der Waals surface area contributed by atoms with Crippen LogP contribution in [0.2, 0.25) is 0 Å². The van der Waals surface area contributed by atoms with Crippen molar-refractivity contribution in [3.63, 3.8) is 0 Å². The maximum Gasteiger partial charge on any atom is 0.127 e. The molecule has 2 nitrogen and oxygen atoms in total. The molecule has 0 saturated heterocycles. The molecule has 0 aliphatic carbocycles. The zero-order valence-corrected chi connectivity index (χ0v) is 14.0. The zero-order valence-electron chi connectivity index (χ0n) is 14.0. The Kier molecular flexibility index (Phi) is 8.55. The van der Waals surface area contributed by atoms with Gasteiger partial charge in [-0.25, -0.2) is 4.39 Å². The minimum atomic E-state index is -0.101. The predicted octanol–water partition coefficient (Wildman–Crippen LogP) is 4.23. The summed E-state index contributed by atoms with van der Waals surface area (Å²) < 4.78 is 14.0. The maximum atomic E-state index is 14.0. The minimum absolute atomic E-state index is 0.101. The molecule has 120 valence electrons. The van der Waals surface area contributed by atoms with E-state index in [1.54, 1.807) is 12.1 Å². The molecular formula is C18H31FN2. The van der Waals surface area contributed by atoms with Gasteiger partial charge in [-0.3, -0.25) is 0 Å². The second-order valence-corrected chi connectivity index (χ2v) is 6.30. The van der Waals surface area contributed by atoms with Crippen LogP contribution < -0.4 is 5.32 Å². The highest BCUT2D eigenvalue weighted by Gasteiger charge is 2.15. The first-order valence-electron chi connectivity index (χ1n) is 8.21. The average Bonchev–Trinajstić information content (AvgIpc) is 2.46. The first kappa shape index (κ1) is 18.1. The number of hydrogen-bond donors (Lipinski definition) is 1. The summed E-state index contributed by atoms with van der Waals surface area (Å²) in [6.07, 6.45) is 3.22. The lowest BCUT2D eigenvalue weighted by Crippen LogP contribution is -2.29. The summed E-state index contributed by atoms with van der Waals surface area (Å²) in [6, 6.07) is 7.23. The van der Waals surface area contributed by atoms with Gasteiger partial charge in [0, 0.05) is 11.6 Å². The number of nitrogens with zero attached hydrogens (tertiary/aromatic N) is 1. The van der Waals surface area contributed by atoms with Gasteiger partial charge in [0.2, 0.25) is 0 Å². The van der Waals surface area contributed by atoms with Crippen LogP contribution >= 0.6 is 0 Å². The lowest BCUT2D eigenvalue weighted by molar-refractivity contribution is 0.288. The standard InChI is InChI=1S/C18H31FN2/c1-5-12-20-18(16-8-6-7-9-17(16)19)11-14-21(4)13-10-15(2)3/h6-9,15,18,20H,5,10-14H2,1-4H3. The van der Waals surface area contributed by atoms with E-state index in [9.17, 15) is 4.39 Å². The van der Waals surface area contributed by atoms with E-state index in [1.807, 2.05) is 12.1 Å². The van der Waals surface area contributed by atoms with Crippen molar-refractivity contribution in [2.24, 2.45) is 5.92 Å². The fraction of sp³-hybridized carbons (Fsp3) is 0.667. The Labute approximate surface area is 129 Å². The fourth-order valence-corrected chi connectivity index (χ4v) is 2.38. The Morgan fingerprint density at radius 2 is 1.81 bits per heavy atom. The quantitative estimate of drug-likeness (QED) is 0.694. The Morgan fingerprint density at radius 1 is 1.14 bits per heavy atom. The van der Waals surface area contributed by atoms with Gasteiger partial charge in [0.05, 0.1) is 0 Å². The second-order valence-electron chi connectivity index (χ2n) is 6.30. The molecule has 0 fully saturated rings. The third-order valence-electron chi connectivity index (χ3n) is 3.81. The van der Waals surface area contributed by atoms with Gasteiger partial charge in [0.15, 0.2) is 0 Å². The number of hydrogen-bond acceptors (Lipinski definition) is 2. The molecule has 0 spiro atoms. The number of nitrogens with one attached hydrogen (secondary N) is 1. The molecule has 1 atom stereocenters. The summed E-state index contributed by atoms with van der Waals surface area (Å²) in [7, 11) is 2.15. The Hall–Kier alpha value is -0.930. The van der Waals surface area contributed by atoms with E-state index in [1.165, 1.54) is 6.42 Å². The fourth-order valence-electron chi connectivity index (χ4n) is 2.38. The van der Waals surface area contributed by atoms with Crippen LogP contribution in [-0.4, -0.2) is 31.6 Å². The van der Waals surface area contributed by atoms with Crippen molar-refractivity contribution in [1.29, 1.82) is 0 Å². The van der Waals surface area contributed by atoms with Gasteiger partial charge in [-0.1, -0.05) is 39.0 Å². The van der Waals surface area contributed by atoms with Crippen molar-refractivity contribution < 1.29 is 4.39 Å². The van der Waals surface area contributed by atoms with Crippen LogP contribution in [0.1, 0.15) is 51.6 Å². The van der Waals surface area contributed by atoms with Crippen molar-refractivity contribution in [1.82, 2.24) is 10.2 Å². The van der Waals surface area contributed by atoms with E-state index in [0.29, 0.717) is 0 Å². The van der Waals surface area contributed by atoms with Gasteiger partial charge < -0.3 is 10.2 Å². The lowest BCUT2D eigenvalue weighted by atomic mass is 10.0. The van der Waals surface area contributed by atoms with Crippen molar-refractivity contribution in [3.8, 4) is 0 Å². The molecule has 0 bridgehead atoms. The van der Waals surface area contributed by atoms with Crippen molar-refractivity contribution in [2.45, 2.75) is 46.1 Å². The SMILES string of the molecule is CCCNC(CCN(C)CCC(C)C)c1ccccc1F. The van der Waals surface area contributed by atoms with Crippen molar-refractivity contribution >= 4 is 0 Å². The molecule has 1 aromatic rings. The number of halogens is 1. The number of benzene rings is 1. The van der Waals surface area contributed by atoms with Crippen LogP contribution in [-0.2, 0) is 0 Å². The van der Waals surface area contributed by atoms with Crippen molar-refractivity contribution in [2.75, 3.05) is 26.7 Å². The molecule has 0 saturated carbocycles. The van der Waals surface area contributed by atoms with Crippen LogP contribution in [0.4, 0.5) is 4.39 Å². The summed E-state index contributed by atoms with van der Waals surface area (Å²) in [5.74, 6) is 0.629. The summed E-state index contributed by atoms with van der Waals surface area (Å²) >= 11 is 0. The molecular weight excluding hydrogens is 263 g/mol. The van der Waals surface area contributed by atoms with Crippen LogP contribution in [0, 0.1) is 11.7 Å². The van der Waals surface area contributed by atoms with Gasteiger partial charge in [0.25, 0.3) is 0 Å². The molecule has 0 aromatic heterocycles. The second kappa shape index (κ2) is 9.91. The maximum absolute atomic E-state index is 14.0. The Morgan fingerprint density at radius 3 is 2.43 bits per heavy atom. The van der Waals surface area contributed by atoms with Crippen LogP contribution in [0.3, 0.4) is 0 Å². The first-order chi connectivity index (χ1) is 10.0. The minimum Gasteiger partial charge on any atom is -0.310 e. The topological polar surface area (TPSA) is 15.3 Å². The highest BCUT2D eigenvalue weighted by atomic mass is 19.1. The molecule has 21 heavy (non-hydrogen) atoms. The molecule has 1 unspecified atom stereocenters. The van der Waals surface area contributed by atoms with Gasteiger partial charge in [-0.05, 0) is 57.9 Å². The summed E-state index contributed by atoms with van der Waals surface area (Å²) in [5, 5.41) is 3.48. The lowest BCUT2D eigenvalue weighted by Gasteiger charge is -2.24. The normalized spacial score (nSPS) is 13.1. The van der Waals surface area contributed by atoms with E-state index < -0.39 is 0 Å². The van der Waals surface area contributed by atoms with E-state index >= 15 is 0 Å². The monoisotopic (exact) mass is 294 g/mol. The molecule has 0 heterocycles. The van der Waals surface area contributed by atoms with Crippen LogP contribution in [0.25, 0.3) is 0 Å². The van der Waals surface area contributed by atoms with E-state index in [2.05, 4.69) is 38.0 Å². The largest absolute Gasteiger partial charge is 0.310 e. The Balaban J connectivity index is 2.56. The van der Waals surface area contributed by atoms with E-state index in [4.69, 9.17) is 0 Å². The van der Waals surface area contributed by atoms with Crippen LogP contribution in [0.5, 0.6) is 0 Å². The summed E-state index contributed by atoms with van der Waals surface area (Å²) in [5.41, 5.74) is 0.795. The zero-order chi connectivity index (χ0) is 15.7. The number of rotatable bonds is 10. The molecule has 0 radical (unpaired) electrons. The van der Waals surface area contributed by atoms with E-state index in [-0.39, 0.29) is 11.9 Å². The smallest absolute Gasteiger partial charge is 0.127 e. The molecule has 1 N–H and O–H groups in total. The molecule has 3 heteroatoms. The highest BCUT2D eigenvalue weighted by Crippen LogP contribution is 2.20. The first-order valence-corrected chi connectivity index (χ1v) is 8.21. The van der Waals surface area contributed by atoms with Crippen molar-refractivity contribution in [3.05, 3.63) is 35.6 Å². The van der Waals surface area contributed by atoms with Gasteiger partial charge in [-0.15, -0.1) is 0 Å². The third-order valence-corrected chi connectivity index (χ3v) is 3.81. The molecule has 1 rings (SSSR count). The molecule has 1 aromatic carbocycles. The highest BCUT2D eigenvalue weighted by molar-refractivity contribution is 5.21.